The van der Waals surface area contributed by atoms with Gasteiger partial charge in [-0.1, -0.05) is 38.6 Å². The minimum absolute atomic E-state index is 0.218. The average molecular weight is 249 g/mol. The number of pyridine rings is 1. The summed E-state index contributed by atoms with van der Waals surface area (Å²) in [5.74, 6) is 0.648. The van der Waals surface area contributed by atoms with Crippen LogP contribution in [-0.2, 0) is 4.79 Å². The molecule has 0 saturated carbocycles. The molecule has 2 aromatic rings. The van der Waals surface area contributed by atoms with Gasteiger partial charge in [0.1, 0.15) is 5.78 Å². The Kier molecular flexibility index (Phi) is 3.19. The molecule has 0 amide bonds. The van der Waals surface area contributed by atoms with E-state index < -0.39 is 0 Å². The van der Waals surface area contributed by atoms with Crippen LogP contribution in [0.5, 0.6) is 0 Å². The predicted molar refractivity (Wildman–Crippen MR) is 68.2 cm³/mol. The summed E-state index contributed by atoms with van der Waals surface area (Å²) >= 11 is 1.43. The molecule has 4 nitrogen and oxygen atoms in total. The van der Waals surface area contributed by atoms with Crippen LogP contribution in [0.2, 0.25) is 0 Å². The highest BCUT2D eigenvalue weighted by Crippen LogP contribution is 2.22. The van der Waals surface area contributed by atoms with Crippen molar-refractivity contribution >= 4 is 23.2 Å². The lowest BCUT2D eigenvalue weighted by molar-refractivity contribution is -0.123. The fourth-order valence-corrected chi connectivity index (χ4v) is 2.35. The van der Waals surface area contributed by atoms with Crippen molar-refractivity contribution in [2.45, 2.75) is 25.9 Å². The molecule has 0 atom stereocenters. The first-order valence-electron chi connectivity index (χ1n) is 5.44. The van der Waals surface area contributed by atoms with Gasteiger partial charge in [0, 0.05) is 11.6 Å². The lowest BCUT2D eigenvalue weighted by Crippen LogP contribution is -2.22. The lowest BCUT2D eigenvalue weighted by Gasteiger charge is -2.15. The second-order valence-corrected chi connectivity index (χ2v) is 5.82. The normalized spacial score (nSPS) is 11.9. The first-order chi connectivity index (χ1) is 7.98. The Morgan fingerprint density at radius 2 is 2.12 bits per heavy atom. The second-order valence-electron chi connectivity index (χ2n) is 4.87. The molecular formula is C12H15N3OS. The lowest BCUT2D eigenvalue weighted by atomic mass is 9.92. The van der Waals surface area contributed by atoms with Crippen molar-refractivity contribution in [3.63, 3.8) is 0 Å². The third kappa shape index (κ3) is 2.66. The number of aromatic nitrogens is 3. The summed E-state index contributed by atoms with van der Waals surface area (Å²) < 4.78 is 1.89. The van der Waals surface area contributed by atoms with Gasteiger partial charge in [-0.15, -0.1) is 10.2 Å². The monoisotopic (exact) mass is 249 g/mol. The number of nitrogens with zero attached hydrogens (tertiary/aromatic N) is 3. The number of thioether (sulfide) groups is 1. The topological polar surface area (TPSA) is 47.3 Å². The highest BCUT2D eigenvalue weighted by molar-refractivity contribution is 7.99. The van der Waals surface area contributed by atoms with Crippen molar-refractivity contribution in [2.24, 2.45) is 5.41 Å². The quantitative estimate of drug-likeness (QED) is 0.784. The van der Waals surface area contributed by atoms with Crippen LogP contribution in [0.3, 0.4) is 0 Å². The Labute approximate surface area is 104 Å². The van der Waals surface area contributed by atoms with Gasteiger partial charge in [-0.25, -0.2) is 0 Å². The van der Waals surface area contributed by atoms with Crippen molar-refractivity contribution in [2.75, 3.05) is 5.75 Å². The Hall–Kier alpha value is -1.36. The van der Waals surface area contributed by atoms with E-state index >= 15 is 0 Å². The maximum Gasteiger partial charge on any atom is 0.196 e. The molecule has 2 heterocycles. The van der Waals surface area contributed by atoms with Crippen molar-refractivity contribution < 1.29 is 4.79 Å². The van der Waals surface area contributed by atoms with Crippen molar-refractivity contribution in [1.29, 1.82) is 0 Å². The second kappa shape index (κ2) is 4.49. The molecule has 0 aliphatic rings. The first-order valence-corrected chi connectivity index (χ1v) is 6.43. The zero-order valence-electron chi connectivity index (χ0n) is 10.2. The highest BCUT2D eigenvalue weighted by atomic mass is 32.2. The third-order valence-corrected chi connectivity index (χ3v) is 3.39. The Bertz CT molecular complexity index is 542. The van der Waals surface area contributed by atoms with Crippen molar-refractivity contribution in [1.82, 2.24) is 14.6 Å². The fourth-order valence-electron chi connectivity index (χ4n) is 1.26. The number of Topliss-reactive ketones (excluding diaryl/α,β-unsaturated/α-hetero) is 1. The summed E-state index contributed by atoms with van der Waals surface area (Å²) in [5.41, 5.74) is 0.506. The van der Waals surface area contributed by atoms with Crippen molar-refractivity contribution in [3.05, 3.63) is 24.4 Å². The molecule has 0 radical (unpaired) electrons. The molecule has 5 heteroatoms. The van der Waals surface area contributed by atoms with Crippen LogP contribution in [-0.4, -0.2) is 26.1 Å². The van der Waals surface area contributed by atoms with Crippen LogP contribution in [0.1, 0.15) is 20.8 Å². The van der Waals surface area contributed by atoms with Gasteiger partial charge in [-0.05, 0) is 12.1 Å². The Balaban J connectivity index is 2.12. The number of carbonyl (C=O) groups is 1. The number of fused-ring (bicyclic) bond motifs is 1. The standard InChI is InChI=1S/C12H15N3OS/c1-12(2,3)9(16)8-17-11-14-13-10-6-4-5-7-15(10)11/h4-7H,8H2,1-3H3. The van der Waals surface area contributed by atoms with E-state index in [4.69, 9.17) is 0 Å². The van der Waals surface area contributed by atoms with Gasteiger partial charge in [0.15, 0.2) is 10.8 Å². The van der Waals surface area contributed by atoms with Gasteiger partial charge in [-0.3, -0.25) is 9.20 Å². The smallest absolute Gasteiger partial charge is 0.196 e. The molecule has 0 unspecified atom stereocenters. The molecule has 17 heavy (non-hydrogen) atoms. The van der Waals surface area contributed by atoms with Gasteiger partial charge in [0.25, 0.3) is 0 Å². The molecule has 0 aliphatic carbocycles. The Morgan fingerprint density at radius 3 is 2.82 bits per heavy atom. The van der Waals surface area contributed by atoms with E-state index in [2.05, 4.69) is 10.2 Å². The van der Waals surface area contributed by atoms with Crippen molar-refractivity contribution in [3.8, 4) is 0 Å². The van der Waals surface area contributed by atoms with Gasteiger partial charge in [0.2, 0.25) is 0 Å². The molecule has 2 rings (SSSR count). The van der Waals surface area contributed by atoms with Gasteiger partial charge in [0.05, 0.1) is 5.75 Å². The summed E-state index contributed by atoms with van der Waals surface area (Å²) in [7, 11) is 0. The van der Waals surface area contributed by atoms with Gasteiger partial charge in [-0.2, -0.15) is 0 Å². The third-order valence-electron chi connectivity index (χ3n) is 2.45. The summed E-state index contributed by atoms with van der Waals surface area (Å²) in [4.78, 5) is 11.8. The van der Waals surface area contributed by atoms with E-state index in [1.54, 1.807) is 0 Å². The van der Waals surface area contributed by atoms with E-state index in [0.717, 1.165) is 10.8 Å². The maximum atomic E-state index is 11.8. The van der Waals surface area contributed by atoms with Crippen LogP contribution in [0, 0.1) is 5.41 Å². The van der Waals surface area contributed by atoms with Crippen LogP contribution in [0.4, 0.5) is 0 Å². The molecular weight excluding hydrogens is 234 g/mol. The van der Waals surface area contributed by atoms with Gasteiger partial charge >= 0.3 is 0 Å². The van der Waals surface area contributed by atoms with E-state index in [9.17, 15) is 4.79 Å². The highest BCUT2D eigenvalue weighted by Gasteiger charge is 2.21. The summed E-state index contributed by atoms with van der Waals surface area (Å²) in [6.07, 6.45) is 1.90. The summed E-state index contributed by atoms with van der Waals surface area (Å²) in [5, 5.41) is 8.87. The molecule has 2 aromatic heterocycles. The summed E-state index contributed by atoms with van der Waals surface area (Å²) in [6.45, 7) is 5.79. The molecule has 0 N–H and O–H groups in total. The fraction of sp³-hybridized carbons (Fsp3) is 0.417. The number of ketones is 1. The van der Waals surface area contributed by atoms with E-state index in [-0.39, 0.29) is 11.2 Å². The van der Waals surface area contributed by atoms with Crippen LogP contribution < -0.4 is 0 Å². The summed E-state index contributed by atoms with van der Waals surface area (Å²) in [6, 6.07) is 5.73. The van der Waals surface area contributed by atoms with Crippen LogP contribution in [0.25, 0.3) is 5.65 Å². The minimum atomic E-state index is -0.298. The van der Waals surface area contributed by atoms with Crippen LogP contribution >= 0.6 is 11.8 Å². The largest absolute Gasteiger partial charge is 0.298 e. The first kappa shape index (κ1) is 12.1. The SMILES string of the molecule is CC(C)(C)C(=O)CSc1nnc2ccccn12. The molecule has 0 fully saturated rings. The zero-order valence-corrected chi connectivity index (χ0v) is 11.0. The molecule has 0 aromatic carbocycles. The number of rotatable bonds is 3. The zero-order chi connectivity index (χ0) is 12.5. The minimum Gasteiger partial charge on any atom is -0.298 e. The van der Waals surface area contributed by atoms with E-state index in [0.29, 0.717) is 5.75 Å². The molecule has 0 aliphatic heterocycles. The van der Waals surface area contributed by atoms with E-state index in [1.165, 1.54) is 11.8 Å². The van der Waals surface area contributed by atoms with Crippen LogP contribution in [0.15, 0.2) is 29.6 Å². The number of carbonyl (C=O) groups excluding carboxylic acids is 1. The predicted octanol–water partition coefficient (Wildman–Crippen LogP) is 2.44. The molecule has 0 spiro atoms. The van der Waals surface area contributed by atoms with Gasteiger partial charge < -0.3 is 0 Å². The molecule has 90 valence electrons. The Morgan fingerprint density at radius 1 is 1.35 bits per heavy atom. The molecule has 0 bridgehead atoms. The average Bonchev–Trinajstić information content (AvgIpc) is 2.68. The number of hydrogen-bond donors (Lipinski definition) is 0. The van der Waals surface area contributed by atoms with E-state index in [1.807, 2.05) is 49.6 Å². The maximum absolute atomic E-state index is 11.8. The molecule has 0 saturated heterocycles. The number of hydrogen-bond acceptors (Lipinski definition) is 4.